The molecule has 3 heterocycles. The minimum atomic E-state index is -0.293. The van der Waals surface area contributed by atoms with Crippen molar-refractivity contribution in [3.05, 3.63) is 138 Å². The number of aromatic amines is 1. The van der Waals surface area contributed by atoms with Crippen LogP contribution in [0, 0.1) is 0 Å². The van der Waals surface area contributed by atoms with Gasteiger partial charge in [-0.05, 0) is 41.3 Å². The van der Waals surface area contributed by atoms with Gasteiger partial charge in [-0.3, -0.25) is 9.78 Å². The Hall–Kier alpha value is -5.31. The van der Waals surface area contributed by atoms with Crippen molar-refractivity contribution in [2.24, 2.45) is 0 Å². The second-order valence-electron chi connectivity index (χ2n) is 10.0. The van der Waals surface area contributed by atoms with E-state index in [1.165, 1.54) is 18.0 Å². The van der Waals surface area contributed by atoms with E-state index in [9.17, 15) is 4.79 Å². The maximum Gasteiger partial charge on any atom is 0.271 e. The molecule has 1 amide bonds. The molecule has 42 heavy (non-hydrogen) atoms. The third-order valence-corrected chi connectivity index (χ3v) is 7.41. The van der Waals surface area contributed by atoms with Crippen LogP contribution in [0.15, 0.2) is 104 Å². The van der Waals surface area contributed by atoms with Crippen LogP contribution in [0.4, 0.5) is 0 Å². The lowest BCUT2D eigenvalue weighted by molar-refractivity contribution is 0.0946. The molecule has 0 saturated carbocycles. The first-order chi connectivity index (χ1) is 20.7. The number of amides is 1. The molecule has 0 fully saturated rings. The van der Waals surface area contributed by atoms with E-state index in [0.29, 0.717) is 13.1 Å². The fourth-order valence-electron chi connectivity index (χ4n) is 5.20. The number of nitrogens with one attached hydrogen (secondary N) is 2. The largest absolute Gasteiger partial charge is 0.497 e. The van der Waals surface area contributed by atoms with Crippen LogP contribution in [0.25, 0.3) is 10.9 Å². The van der Waals surface area contributed by atoms with Gasteiger partial charge in [-0.15, -0.1) is 10.2 Å². The summed E-state index contributed by atoms with van der Waals surface area (Å²) in [6.45, 7) is 0.879. The fraction of sp³-hybridized carbons (Fsp3) is 0.182. The number of rotatable bonds is 11. The number of hydrogen-bond acceptors (Lipinski definition) is 6. The Kier molecular flexibility index (Phi) is 7.98. The van der Waals surface area contributed by atoms with Gasteiger partial charge in [0, 0.05) is 42.5 Å². The van der Waals surface area contributed by atoms with E-state index in [0.717, 1.165) is 52.3 Å². The molecule has 0 spiro atoms. The lowest BCUT2D eigenvalue weighted by Gasteiger charge is -2.19. The van der Waals surface area contributed by atoms with Crippen molar-refractivity contribution in [2.45, 2.75) is 25.3 Å². The lowest BCUT2D eigenvalue weighted by Crippen LogP contribution is -2.31. The molecule has 9 nitrogen and oxygen atoms in total. The normalized spacial score (nSPS) is 11.8. The van der Waals surface area contributed by atoms with Crippen molar-refractivity contribution < 1.29 is 9.53 Å². The molecule has 210 valence electrons. The highest BCUT2D eigenvalue weighted by Crippen LogP contribution is 2.31. The Labute approximate surface area is 243 Å². The lowest BCUT2D eigenvalue weighted by atomic mass is 9.97. The molecule has 0 aliphatic heterocycles. The van der Waals surface area contributed by atoms with Crippen molar-refractivity contribution in [3.63, 3.8) is 0 Å². The predicted molar refractivity (Wildman–Crippen MR) is 160 cm³/mol. The minimum Gasteiger partial charge on any atom is -0.497 e. The third-order valence-electron chi connectivity index (χ3n) is 7.41. The summed E-state index contributed by atoms with van der Waals surface area (Å²) in [7, 11) is 1.66. The van der Waals surface area contributed by atoms with Crippen molar-refractivity contribution in [1.29, 1.82) is 0 Å². The van der Waals surface area contributed by atoms with Crippen LogP contribution in [0.2, 0.25) is 0 Å². The quantitative estimate of drug-likeness (QED) is 0.233. The van der Waals surface area contributed by atoms with E-state index in [4.69, 9.17) is 14.9 Å². The van der Waals surface area contributed by atoms with Gasteiger partial charge < -0.3 is 19.6 Å². The zero-order valence-corrected chi connectivity index (χ0v) is 23.3. The van der Waals surface area contributed by atoms with Crippen LogP contribution < -0.4 is 10.1 Å². The number of hydrogen-bond donors (Lipinski definition) is 2. The van der Waals surface area contributed by atoms with Gasteiger partial charge in [0.15, 0.2) is 0 Å². The molecule has 9 heteroatoms. The van der Waals surface area contributed by atoms with Crippen LogP contribution >= 0.6 is 0 Å². The van der Waals surface area contributed by atoms with Gasteiger partial charge in [-0.2, -0.15) is 0 Å². The molecular formula is C33H31N7O2. The zero-order chi connectivity index (χ0) is 28.7. The molecule has 0 aliphatic rings. The van der Waals surface area contributed by atoms with E-state index >= 15 is 0 Å². The summed E-state index contributed by atoms with van der Waals surface area (Å²) in [4.78, 5) is 24.6. The number of carbonyl (C=O) groups is 1. The van der Waals surface area contributed by atoms with E-state index in [1.807, 2.05) is 42.6 Å². The van der Waals surface area contributed by atoms with Crippen LogP contribution in [-0.4, -0.2) is 49.3 Å². The molecule has 0 aliphatic carbocycles. The third kappa shape index (κ3) is 5.90. The Bertz CT molecular complexity index is 1760. The molecular weight excluding hydrogens is 526 g/mol. The maximum atomic E-state index is 13.0. The highest BCUT2D eigenvalue weighted by atomic mass is 16.5. The fourth-order valence-corrected chi connectivity index (χ4v) is 5.20. The monoisotopic (exact) mass is 557 g/mol. The average Bonchev–Trinajstić information content (AvgIpc) is 3.66. The van der Waals surface area contributed by atoms with Gasteiger partial charge in [-0.25, -0.2) is 4.98 Å². The second kappa shape index (κ2) is 12.5. The summed E-state index contributed by atoms with van der Waals surface area (Å²) < 4.78 is 7.56. The topological polar surface area (TPSA) is 111 Å². The molecule has 1 unspecified atom stereocenters. The van der Waals surface area contributed by atoms with Crippen LogP contribution in [0.3, 0.4) is 0 Å². The second-order valence-corrected chi connectivity index (χ2v) is 10.0. The Morgan fingerprint density at radius 3 is 2.52 bits per heavy atom. The molecule has 0 saturated heterocycles. The number of H-pyrrole nitrogens is 1. The molecule has 3 aromatic heterocycles. The number of benzene rings is 3. The Morgan fingerprint density at radius 1 is 0.929 bits per heavy atom. The van der Waals surface area contributed by atoms with E-state index in [-0.39, 0.29) is 17.5 Å². The summed E-state index contributed by atoms with van der Waals surface area (Å²) in [5, 5.41) is 13.6. The van der Waals surface area contributed by atoms with Crippen molar-refractivity contribution >= 4 is 16.8 Å². The van der Waals surface area contributed by atoms with Gasteiger partial charge in [0.2, 0.25) is 0 Å². The summed E-state index contributed by atoms with van der Waals surface area (Å²) in [6, 6.07) is 26.6. The van der Waals surface area contributed by atoms with Crippen LogP contribution in [0.1, 0.15) is 44.7 Å². The first-order valence-corrected chi connectivity index (χ1v) is 13.9. The number of aromatic nitrogens is 6. The van der Waals surface area contributed by atoms with Gasteiger partial charge in [-0.1, -0.05) is 60.7 Å². The number of aryl methyl sites for hydroxylation is 2. The van der Waals surface area contributed by atoms with Gasteiger partial charge in [0.05, 0.1) is 25.8 Å². The number of nitrogens with zero attached hydrogens (tertiary/aromatic N) is 5. The first-order valence-electron chi connectivity index (χ1n) is 13.9. The number of methoxy groups -OCH3 is 1. The van der Waals surface area contributed by atoms with E-state index in [2.05, 4.69) is 67.3 Å². The maximum absolute atomic E-state index is 13.0. The number of carbonyl (C=O) groups excluding carboxylic acids is 1. The highest BCUT2D eigenvalue weighted by molar-refractivity contribution is 5.92. The van der Waals surface area contributed by atoms with E-state index in [1.54, 1.807) is 13.3 Å². The first kappa shape index (κ1) is 26.9. The van der Waals surface area contributed by atoms with Crippen molar-refractivity contribution in [1.82, 2.24) is 35.0 Å². The number of para-hydroxylation sites is 1. The Balaban J connectivity index is 1.39. The zero-order valence-electron chi connectivity index (χ0n) is 23.3. The summed E-state index contributed by atoms with van der Waals surface area (Å²) >= 11 is 0. The van der Waals surface area contributed by atoms with Gasteiger partial charge in [0.1, 0.15) is 23.1 Å². The van der Waals surface area contributed by atoms with Crippen LogP contribution in [-0.2, 0) is 19.4 Å². The molecule has 3 aromatic carbocycles. The number of ether oxygens (including phenoxy) is 1. The Morgan fingerprint density at radius 2 is 1.74 bits per heavy atom. The smallest absolute Gasteiger partial charge is 0.271 e. The molecule has 0 radical (unpaired) electrons. The standard InChI is InChI=1S/C33H31N7O2/c1-42-25-14-11-24(12-15-25)22-40-31(16-13-23-7-3-2-4-8-23)38-39-32(40)28(20-37-33(41)30-21-34-17-18-35-30)27-19-36-29-10-6-5-9-26(27)29/h2-12,14-15,17-19,21,28,36H,13,16,20,22H2,1H3,(H,37,41). The highest BCUT2D eigenvalue weighted by Gasteiger charge is 2.26. The van der Waals surface area contributed by atoms with E-state index < -0.39 is 0 Å². The molecule has 2 N–H and O–H groups in total. The van der Waals surface area contributed by atoms with Gasteiger partial charge in [0.25, 0.3) is 5.91 Å². The van der Waals surface area contributed by atoms with Crippen LogP contribution in [0.5, 0.6) is 5.75 Å². The summed E-state index contributed by atoms with van der Waals surface area (Å²) in [6.07, 6.45) is 8.08. The molecule has 0 bridgehead atoms. The predicted octanol–water partition coefficient (Wildman–Crippen LogP) is 4.95. The summed E-state index contributed by atoms with van der Waals surface area (Å²) in [5.74, 6) is 1.89. The SMILES string of the molecule is COc1ccc(Cn2c(CCc3ccccc3)nnc2C(CNC(=O)c2cnccn2)c2c[nH]c3ccccc23)cc1. The average molecular weight is 558 g/mol. The molecule has 1 atom stereocenters. The van der Waals surface area contributed by atoms with Crippen molar-refractivity contribution in [3.8, 4) is 5.75 Å². The summed E-state index contributed by atoms with van der Waals surface area (Å²) in [5.41, 5.74) is 4.64. The number of fused-ring (bicyclic) bond motifs is 1. The van der Waals surface area contributed by atoms with Crippen molar-refractivity contribution in [2.75, 3.05) is 13.7 Å². The minimum absolute atomic E-state index is 0.262. The van der Waals surface area contributed by atoms with Gasteiger partial charge >= 0.3 is 0 Å². The molecule has 6 aromatic rings. The molecule has 6 rings (SSSR count).